The topological polar surface area (TPSA) is 61.0 Å². The zero-order valence-corrected chi connectivity index (χ0v) is 11.5. The number of aryl methyl sites for hydroxylation is 1. The fourth-order valence-corrected chi connectivity index (χ4v) is 1.80. The van der Waals surface area contributed by atoms with Gasteiger partial charge in [0.05, 0.1) is 10.7 Å². The van der Waals surface area contributed by atoms with Crippen LogP contribution in [0.3, 0.4) is 0 Å². The zero-order chi connectivity index (χ0) is 13.3. The van der Waals surface area contributed by atoms with Crippen LogP contribution < -0.4 is 10.5 Å². The average Bonchev–Trinajstić information content (AvgIpc) is 2.31. The maximum atomic E-state index is 6.00. The van der Waals surface area contributed by atoms with Crippen LogP contribution in [0, 0.1) is 6.92 Å². The molecule has 4 nitrogen and oxygen atoms in total. The van der Waals surface area contributed by atoms with Crippen molar-refractivity contribution < 1.29 is 4.74 Å². The lowest BCUT2D eigenvalue weighted by Gasteiger charge is -2.10. The van der Waals surface area contributed by atoms with E-state index in [1.54, 1.807) is 25.1 Å². The second-order valence-corrected chi connectivity index (χ2v) is 4.57. The molecule has 18 heavy (non-hydrogen) atoms. The van der Waals surface area contributed by atoms with Gasteiger partial charge in [-0.3, -0.25) is 0 Å². The van der Waals surface area contributed by atoms with E-state index in [0.29, 0.717) is 22.2 Å². The molecule has 0 unspecified atom stereocenters. The number of rotatable bonds is 2. The van der Waals surface area contributed by atoms with Gasteiger partial charge in [0.1, 0.15) is 16.5 Å². The number of hydrogen-bond acceptors (Lipinski definition) is 4. The van der Waals surface area contributed by atoms with Crippen LogP contribution in [0.25, 0.3) is 0 Å². The summed E-state index contributed by atoms with van der Waals surface area (Å²) in [5.74, 6) is 0.502. The minimum absolute atomic E-state index is 0.0508. The highest BCUT2D eigenvalue weighted by Gasteiger charge is 2.13. The predicted octanol–water partition coefficient (Wildman–Crippen LogP) is 4.12. The number of aromatic nitrogens is 2. The van der Waals surface area contributed by atoms with E-state index in [-0.39, 0.29) is 16.2 Å². The van der Waals surface area contributed by atoms with E-state index < -0.39 is 0 Å². The number of nitrogens with zero attached hydrogens (tertiary/aromatic N) is 2. The van der Waals surface area contributed by atoms with Crippen molar-refractivity contribution in [3.8, 4) is 11.6 Å². The molecule has 94 valence electrons. The number of hydrogen-bond donors (Lipinski definition) is 1. The highest BCUT2D eigenvalue weighted by molar-refractivity contribution is 6.42. The largest absolute Gasteiger partial charge is 0.435 e. The van der Waals surface area contributed by atoms with Crippen LogP contribution in [0.1, 0.15) is 5.69 Å². The Morgan fingerprint density at radius 2 is 1.89 bits per heavy atom. The maximum Gasteiger partial charge on any atom is 0.247 e. The molecule has 0 amide bonds. The second-order valence-electron chi connectivity index (χ2n) is 3.45. The summed E-state index contributed by atoms with van der Waals surface area (Å²) in [4.78, 5) is 7.81. The van der Waals surface area contributed by atoms with Crippen LogP contribution >= 0.6 is 34.8 Å². The van der Waals surface area contributed by atoms with Crippen molar-refractivity contribution in [3.63, 3.8) is 0 Å². The van der Waals surface area contributed by atoms with Gasteiger partial charge in [-0.1, -0.05) is 29.3 Å². The molecular weight excluding hydrogens is 296 g/mol. The molecule has 0 saturated carbocycles. The lowest BCUT2D eigenvalue weighted by atomic mass is 10.3. The quantitative estimate of drug-likeness (QED) is 0.848. The molecule has 0 atom stereocenters. The van der Waals surface area contributed by atoms with Gasteiger partial charge in [-0.2, -0.15) is 4.98 Å². The molecule has 1 heterocycles. The van der Waals surface area contributed by atoms with Crippen LogP contribution in [0.2, 0.25) is 15.3 Å². The fourth-order valence-electron chi connectivity index (χ4n) is 1.27. The molecule has 0 spiro atoms. The van der Waals surface area contributed by atoms with Gasteiger partial charge in [0.2, 0.25) is 11.2 Å². The third-order valence-electron chi connectivity index (χ3n) is 2.20. The predicted molar refractivity (Wildman–Crippen MR) is 72.7 cm³/mol. The molecule has 0 aliphatic carbocycles. The molecule has 0 aliphatic heterocycles. The van der Waals surface area contributed by atoms with Gasteiger partial charge in [0.25, 0.3) is 0 Å². The first-order valence-electron chi connectivity index (χ1n) is 4.90. The highest BCUT2D eigenvalue weighted by atomic mass is 35.5. The minimum Gasteiger partial charge on any atom is -0.435 e. The van der Waals surface area contributed by atoms with Crippen molar-refractivity contribution in [3.05, 3.63) is 39.2 Å². The zero-order valence-electron chi connectivity index (χ0n) is 9.25. The third-order valence-corrected chi connectivity index (χ3v) is 3.17. The summed E-state index contributed by atoms with van der Waals surface area (Å²) >= 11 is 17.6. The number of nitrogens with two attached hydrogens (primary N) is 1. The van der Waals surface area contributed by atoms with Gasteiger partial charge < -0.3 is 10.5 Å². The van der Waals surface area contributed by atoms with Crippen molar-refractivity contribution in [2.45, 2.75) is 6.92 Å². The van der Waals surface area contributed by atoms with Gasteiger partial charge in [-0.05, 0) is 30.7 Å². The monoisotopic (exact) mass is 303 g/mol. The Bertz CT molecular complexity index is 604. The first-order chi connectivity index (χ1) is 8.49. The summed E-state index contributed by atoms with van der Waals surface area (Å²) < 4.78 is 5.51. The maximum absolute atomic E-state index is 6.00. The number of ether oxygens (including phenoxy) is 1. The summed E-state index contributed by atoms with van der Waals surface area (Å²) in [6.07, 6.45) is 0. The summed E-state index contributed by atoms with van der Waals surface area (Å²) in [6, 6.07) is 5.01. The molecule has 1 aromatic carbocycles. The van der Waals surface area contributed by atoms with Crippen LogP contribution in [-0.4, -0.2) is 9.97 Å². The van der Waals surface area contributed by atoms with Gasteiger partial charge in [-0.15, -0.1) is 0 Å². The van der Waals surface area contributed by atoms with Crippen molar-refractivity contribution in [2.24, 2.45) is 0 Å². The Balaban J connectivity index is 2.43. The van der Waals surface area contributed by atoms with Crippen LogP contribution in [-0.2, 0) is 0 Å². The van der Waals surface area contributed by atoms with E-state index in [0.717, 1.165) is 0 Å². The van der Waals surface area contributed by atoms with E-state index >= 15 is 0 Å². The SMILES string of the molecule is Cc1nc(Cl)nc(Oc2cccc(Cl)c2Cl)c1N. The Kier molecular flexibility index (Phi) is 3.80. The van der Waals surface area contributed by atoms with Gasteiger partial charge in [0.15, 0.2) is 0 Å². The van der Waals surface area contributed by atoms with Crippen LogP contribution in [0.5, 0.6) is 11.6 Å². The molecule has 1 aromatic heterocycles. The molecule has 2 rings (SSSR count). The molecule has 0 radical (unpaired) electrons. The Morgan fingerprint density at radius 3 is 2.61 bits per heavy atom. The van der Waals surface area contributed by atoms with E-state index in [4.69, 9.17) is 45.3 Å². The van der Waals surface area contributed by atoms with E-state index in [2.05, 4.69) is 9.97 Å². The fraction of sp³-hybridized carbons (Fsp3) is 0.0909. The summed E-state index contributed by atoms with van der Waals surface area (Å²) in [5, 5.41) is 0.713. The molecule has 2 aromatic rings. The molecule has 7 heteroatoms. The van der Waals surface area contributed by atoms with Gasteiger partial charge in [0, 0.05) is 0 Å². The van der Waals surface area contributed by atoms with Crippen molar-refractivity contribution in [1.29, 1.82) is 0 Å². The van der Waals surface area contributed by atoms with E-state index in [1.165, 1.54) is 0 Å². The summed E-state index contributed by atoms with van der Waals surface area (Å²) in [6.45, 7) is 1.70. The van der Waals surface area contributed by atoms with Crippen molar-refractivity contribution in [1.82, 2.24) is 9.97 Å². The van der Waals surface area contributed by atoms with E-state index in [9.17, 15) is 0 Å². The lowest BCUT2D eigenvalue weighted by molar-refractivity contribution is 0.464. The van der Waals surface area contributed by atoms with Crippen LogP contribution in [0.15, 0.2) is 18.2 Å². The number of benzene rings is 1. The number of anilines is 1. The second kappa shape index (κ2) is 5.18. The number of nitrogen functional groups attached to an aromatic ring is 1. The standard InChI is InChI=1S/C11H8Cl3N3O/c1-5-9(15)10(17-11(14)16-5)18-7-4-2-3-6(12)8(7)13/h2-4H,15H2,1H3. The lowest BCUT2D eigenvalue weighted by Crippen LogP contribution is -2.01. The molecule has 2 N–H and O–H groups in total. The first kappa shape index (κ1) is 13.2. The number of halogens is 3. The molecule has 0 fully saturated rings. The van der Waals surface area contributed by atoms with Crippen molar-refractivity contribution in [2.75, 3.05) is 5.73 Å². The van der Waals surface area contributed by atoms with E-state index in [1.807, 2.05) is 0 Å². The molecular formula is C11H8Cl3N3O. The normalized spacial score (nSPS) is 10.4. The average molecular weight is 305 g/mol. The summed E-state index contributed by atoms with van der Waals surface area (Å²) in [7, 11) is 0. The molecule has 0 aliphatic rings. The Morgan fingerprint density at radius 1 is 1.17 bits per heavy atom. The summed E-state index contributed by atoms with van der Waals surface area (Å²) in [5.41, 5.74) is 6.63. The Labute approximate surface area is 119 Å². The smallest absolute Gasteiger partial charge is 0.247 e. The Hall–Kier alpha value is -1.23. The molecule has 0 bridgehead atoms. The van der Waals surface area contributed by atoms with Crippen LogP contribution in [0.4, 0.5) is 5.69 Å². The third kappa shape index (κ3) is 2.61. The van der Waals surface area contributed by atoms with Gasteiger partial charge in [-0.25, -0.2) is 4.98 Å². The first-order valence-corrected chi connectivity index (χ1v) is 6.04. The minimum atomic E-state index is 0.0508. The van der Waals surface area contributed by atoms with Gasteiger partial charge >= 0.3 is 0 Å². The van der Waals surface area contributed by atoms with Crippen molar-refractivity contribution >= 4 is 40.5 Å². The molecule has 0 saturated heterocycles. The highest BCUT2D eigenvalue weighted by Crippen LogP contribution is 2.36.